The number of hydrogen-bond acceptors (Lipinski definition) is 3. The Kier molecular flexibility index (Phi) is 4.64. The molecule has 1 fully saturated rings. The smallest absolute Gasteiger partial charge is 0.401 e. The van der Waals surface area contributed by atoms with E-state index in [0.29, 0.717) is 0 Å². The van der Waals surface area contributed by atoms with Crippen molar-refractivity contribution in [2.45, 2.75) is 57.9 Å². The Morgan fingerprint density at radius 1 is 1.28 bits per heavy atom. The third-order valence-electron chi connectivity index (χ3n) is 2.47. The van der Waals surface area contributed by atoms with E-state index < -0.39 is 24.3 Å². The van der Waals surface area contributed by atoms with Crippen molar-refractivity contribution in [1.29, 1.82) is 0 Å². The van der Waals surface area contributed by atoms with Crippen LogP contribution in [0, 0.1) is 0 Å². The third kappa shape index (κ3) is 6.83. The lowest BCUT2D eigenvalue weighted by atomic mass is 10.2. The molecule has 0 aromatic rings. The van der Waals surface area contributed by atoms with Crippen LogP contribution in [-0.2, 0) is 9.53 Å². The number of nitrogens with zero attached hydrogens (tertiary/aromatic N) is 1. The molecule has 0 amide bonds. The number of halogens is 3. The van der Waals surface area contributed by atoms with Gasteiger partial charge in [-0.1, -0.05) is 0 Å². The molecule has 0 saturated heterocycles. The first kappa shape index (κ1) is 15.3. The zero-order valence-corrected chi connectivity index (χ0v) is 11.0. The van der Waals surface area contributed by atoms with Crippen molar-refractivity contribution in [3.63, 3.8) is 0 Å². The Morgan fingerprint density at radius 2 is 1.83 bits per heavy atom. The Hall–Kier alpha value is -0.780. The molecule has 3 nitrogen and oxygen atoms in total. The Bertz CT molecular complexity index is 293. The van der Waals surface area contributed by atoms with Gasteiger partial charge in [0.15, 0.2) is 0 Å². The zero-order chi connectivity index (χ0) is 14.0. The van der Waals surface area contributed by atoms with Crippen molar-refractivity contribution in [2.24, 2.45) is 0 Å². The van der Waals surface area contributed by atoms with Crippen molar-refractivity contribution in [2.75, 3.05) is 13.1 Å². The lowest BCUT2D eigenvalue weighted by Crippen LogP contribution is -2.38. The zero-order valence-electron chi connectivity index (χ0n) is 11.0. The average Bonchev–Trinajstić information content (AvgIpc) is 2.90. The summed E-state index contributed by atoms with van der Waals surface area (Å²) in [6.07, 6.45) is -2.64. The molecule has 1 saturated carbocycles. The first-order valence-corrected chi connectivity index (χ1v) is 6.09. The summed E-state index contributed by atoms with van der Waals surface area (Å²) in [6.45, 7) is 4.37. The second kappa shape index (κ2) is 5.47. The molecule has 0 unspecified atom stereocenters. The van der Waals surface area contributed by atoms with Crippen LogP contribution in [0.1, 0.15) is 40.0 Å². The Morgan fingerprint density at radius 3 is 2.22 bits per heavy atom. The molecule has 18 heavy (non-hydrogen) atoms. The van der Waals surface area contributed by atoms with Gasteiger partial charge in [0.2, 0.25) is 0 Å². The number of rotatable bonds is 5. The minimum Gasteiger partial charge on any atom is -0.460 e. The van der Waals surface area contributed by atoms with E-state index in [0.717, 1.165) is 12.8 Å². The van der Waals surface area contributed by atoms with E-state index in [-0.39, 0.29) is 19.0 Å². The quantitative estimate of drug-likeness (QED) is 0.717. The Labute approximate surface area is 105 Å². The SMILES string of the molecule is CC(C)(C)OC(=O)CCN(CC(F)(F)F)C1CC1. The second-order valence-electron chi connectivity index (χ2n) is 5.65. The summed E-state index contributed by atoms with van der Waals surface area (Å²) in [5, 5.41) is 0. The minimum atomic E-state index is -4.21. The van der Waals surface area contributed by atoms with Crippen molar-refractivity contribution in [3.8, 4) is 0 Å². The summed E-state index contributed by atoms with van der Waals surface area (Å²) in [4.78, 5) is 12.8. The van der Waals surface area contributed by atoms with E-state index >= 15 is 0 Å². The van der Waals surface area contributed by atoms with Crippen LogP contribution < -0.4 is 0 Å². The van der Waals surface area contributed by atoms with Crippen LogP contribution in [0.2, 0.25) is 0 Å². The number of ether oxygens (including phenoxy) is 1. The molecule has 6 heteroatoms. The first-order valence-electron chi connectivity index (χ1n) is 6.09. The van der Waals surface area contributed by atoms with Crippen LogP contribution in [0.3, 0.4) is 0 Å². The predicted molar refractivity (Wildman–Crippen MR) is 61.1 cm³/mol. The van der Waals surface area contributed by atoms with Crippen LogP contribution in [0.5, 0.6) is 0 Å². The van der Waals surface area contributed by atoms with E-state index in [1.807, 2.05) is 0 Å². The van der Waals surface area contributed by atoms with Crippen LogP contribution in [0.4, 0.5) is 13.2 Å². The third-order valence-corrected chi connectivity index (χ3v) is 2.47. The second-order valence-corrected chi connectivity index (χ2v) is 5.65. The van der Waals surface area contributed by atoms with Crippen molar-refractivity contribution < 1.29 is 22.7 Å². The fourth-order valence-corrected chi connectivity index (χ4v) is 1.69. The van der Waals surface area contributed by atoms with E-state index in [9.17, 15) is 18.0 Å². The van der Waals surface area contributed by atoms with Gasteiger partial charge in [-0.2, -0.15) is 13.2 Å². The predicted octanol–water partition coefficient (Wildman–Crippen LogP) is 2.74. The summed E-state index contributed by atoms with van der Waals surface area (Å²) < 4.78 is 42.1. The Balaban J connectivity index is 2.36. The molecule has 0 bridgehead atoms. The van der Waals surface area contributed by atoms with Gasteiger partial charge in [0.05, 0.1) is 13.0 Å². The summed E-state index contributed by atoms with van der Waals surface area (Å²) in [5.41, 5.74) is -0.592. The maximum Gasteiger partial charge on any atom is 0.401 e. The highest BCUT2D eigenvalue weighted by molar-refractivity contribution is 5.70. The van der Waals surface area contributed by atoms with Gasteiger partial charge >= 0.3 is 12.1 Å². The number of carbonyl (C=O) groups is 1. The molecule has 0 heterocycles. The topological polar surface area (TPSA) is 29.5 Å². The maximum absolute atomic E-state index is 12.3. The summed E-state index contributed by atoms with van der Waals surface area (Å²) in [7, 11) is 0. The fourth-order valence-electron chi connectivity index (χ4n) is 1.69. The van der Waals surface area contributed by atoms with Crippen LogP contribution in [0.25, 0.3) is 0 Å². The summed E-state index contributed by atoms with van der Waals surface area (Å²) >= 11 is 0. The maximum atomic E-state index is 12.3. The van der Waals surface area contributed by atoms with Crippen LogP contribution in [0.15, 0.2) is 0 Å². The molecule has 0 spiro atoms. The van der Waals surface area contributed by atoms with E-state index in [4.69, 9.17) is 4.74 Å². The van der Waals surface area contributed by atoms with Gasteiger partial charge in [0.1, 0.15) is 5.60 Å². The van der Waals surface area contributed by atoms with E-state index in [1.165, 1.54) is 4.90 Å². The molecule has 106 valence electrons. The monoisotopic (exact) mass is 267 g/mol. The van der Waals surface area contributed by atoms with E-state index in [2.05, 4.69) is 0 Å². The number of carbonyl (C=O) groups excluding carboxylic acids is 1. The molecule has 1 aliphatic carbocycles. The van der Waals surface area contributed by atoms with Crippen molar-refractivity contribution in [1.82, 2.24) is 4.90 Å². The molecule has 0 N–H and O–H groups in total. The molecular weight excluding hydrogens is 247 g/mol. The fraction of sp³-hybridized carbons (Fsp3) is 0.917. The van der Waals surface area contributed by atoms with Crippen LogP contribution in [-0.4, -0.2) is 41.8 Å². The van der Waals surface area contributed by atoms with Crippen LogP contribution >= 0.6 is 0 Å². The molecule has 0 aliphatic heterocycles. The van der Waals surface area contributed by atoms with Gasteiger partial charge in [-0.3, -0.25) is 9.69 Å². The molecule has 0 atom stereocenters. The number of hydrogen-bond donors (Lipinski definition) is 0. The van der Waals surface area contributed by atoms with Gasteiger partial charge in [0, 0.05) is 12.6 Å². The van der Waals surface area contributed by atoms with Gasteiger partial charge in [-0.15, -0.1) is 0 Å². The lowest BCUT2D eigenvalue weighted by molar-refractivity contribution is -0.159. The van der Waals surface area contributed by atoms with Gasteiger partial charge in [-0.05, 0) is 33.6 Å². The molecule has 1 rings (SSSR count). The molecular formula is C12H20F3NO2. The van der Waals surface area contributed by atoms with Gasteiger partial charge in [0.25, 0.3) is 0 Å². The molecule has 1 aliphatic rings. The number of alkyl halides is 3. The van der Waals surface area contributed by atoms with Gasteiger partial charge in [-0.25, -0.2) is 0 Å². The highest BCUT2D eigenvalue weighted by atomic mass is 19.4. The minimum absolute atomic E-state index is 0.00382. The largest absolute Gasteiger partial charge is 0.460 e. The first-order chi connectivity index (χ1) is 8.07. The summed E-state index contributed by atoms with van der Waals surface area (Å²) in [5.74, 6) is -0.449. The standard InChI is InChI=1S/C12H20F3NO2/c1-11(2,3)18-10(17)6-7-16(9-4-5-9)8-12(13,14)15/h9H,4-8H2,1-3H3. The van der Waals surface area contributed by atoms with Gasteiger partial charge < -0.3 is 4.74 Å². The normalized spacial score (nSPS) is 17.1. The van der Waals surface area contributed by atoms with Crippen molar-refractivity contribution >= 4 is 5.97 Å². The summed E-state index contributed by atoms with van der Waals surface area (Å²) in [6, 6.07) is -0.0194. The molecule has 0 radical (unpaired) electrons. The molecule has 0 aromatic carbocycles. The van der Waals surface area contributed by atoms with Crippen molar-refractivity contribution in [3.05, 3.63) is 0 Å². The molecule has 0 aromatic heterocycles. The lowest BCUT2D eigenvalue weighted by Gasteiger charge is -2.24. The highest BCUT2D eigenvalue weighted by Crippen LogP contribution is 2.30. The van der Waals surface area contributed by atoms with E-state index in [1.54, 1.807) is 20.8 Å². The average molecular weight is 267 g/mol. The number of esters is 1. The highest BCUT2D eigenvalue weighted by Gasteiger charge is 2.38.